The molecule has 1 unspecified atom stereocenters. The summed E-state index contributed by atoms with van der Waals surface area (Å²) in [7, 11) is 0. The second kappa shape index (κ2) is 8.89. The summed E-state index contributed by atoms with van der Waals surface area (Å²) in [4.78, 5) is 11.8. The zero-order chi connectivity index (χ0) is 17.4. The van der Waals surface area contributed by atoms with Gasteiger partial charge in [-0.3, -0.25) is 4.79 Å². The Morgan fingerprint density at radius 1 is 1.17 bits per heavy atom. The molecule has 0 saturated heterocycles. The van der Waals surface area contributed by atoms with Gasteiger partial charge in [-0.25, -0.2) is 0 Å². The molecule has 0 radical (unpaired) electrons. The fraction of sp³-hybridized carbons (Fsp3) is 0.250. The summed E-state index contributed by atoms with van der Waals surface area (Å²) in [5, 5.41) is 12.6. The summed E-state index contributed by atoms with van der Waals surface area (Å²) < 4.78 is 5.55. The van der Waals surface area contributed by atoms with Crippen molar-refractivity contribution in [3.05, 3.63) is 71.3 Å². The van der Waals surface area contributed by atoms with E-state index in [-0.39, 0.29) is 19.1 Å². The minimum Gasteiger partial charge on any atom is -0.491 e. The van der Waals surface area contributed by atoms with E-state index in [0.717, 1.165) is 16.9 Å². The molecule has 1 amide bonds. The highest BCUT2D eigenvalue weighted by atomic mass is 16.5. The van der Waals surface area contributed by atoms with Crippen molar-refractivity contribution >= 4 is 12.0 Å². The van der Waals surface area contributed by atoms with Gasteiger partial charge in [0.2, 0.25) is 5.91 Å². The Balaban J connectivity index is 1.73. The van der Waals surface area contributed by atoms with Crippen LogP contribution in [0.3, 0.4) is 0 Å². The maximum atomic E-state index is 11.8. The van der Waals surface area contributed by atoms with Crippen LogP contribution in [0.25, 0.3) is 6.08 Å². The summed E-state index contributed by atoms with van der Waals surface area (Å²) >= 11 is 0. The number of rotatable bonds is 7. The minimum absolute atomic E-state index is 0.132. The van der Waals surface area contributed by atoms with Crippen molar-refractivity contribution in [2.24, 2.45) is 0 Å². The highest BCUT2D eigenvalue weighted by Crippen LogP contribution is 2.16. The van der Waals surface area contributed by atoms with E-state index in [0.29, 0.717) is 0 Å². The molecular formula is C20H23NO3. The third-order valence-electron chi connectivity index (χ3n) is 3.54. The number of para-hydroxylation sites is 1. The fourth-order valence-electron chi connectivity index (χ4n) is 2.09. The van der Waals surface area contributed by atoms with E-state index in [2.05, 4.69) is 5.32 Å². The van der Waals surface area contributed by atoms with Crippen LogP contribution in [0, 0.1) is 13.8 Å². The number of benzene rings is 2. The first-order chi connectivity index (χ1) is 11.5. The molecule has 0 fully saturated rings. The van der Waals surface area contributed by atoms with Gasteiger partial charge in [-0.1, -0.05) is 48.0 Å². The predicted octanol–water partition coefficient (Wildman–Crippen LogP) is 2.87. The SMILES string of the molecule is Cc1ccc(/C=C/C(=O)NCC(O)COc2ccccc2C)cc1. The summed E-state index contributed by atoms with van der Waals surface area (Å²) in [6.45, 7) is 4.23. The van der Waals surface area contributed by atoms with Gasteiger partial charge in [-0.05, 0) is 37.1 Å². The number of nitrogens with one attached hydrogen (secondary N) is 1. The van der Waals surface area contributed by atoms with E-state index in [4.69, 9.17) is 4.74 Å². The quantitative estimate of drug-likeness (QED) is 0.770. The first kappa shape index (κ1) is 17.8. The third kappa shape index (κ3) is 5.89. The molecule has 2 aromatic rings. The molecule has 4 heteroatoms. The Kier molecular flexibility index (Phi) is 6.58. The highest BCUT2D eigenvalue weighted by Gasteiger charge is 2.07. The number of aryl methyl sites for hydroxylation is 2. The van der Waals surface area contributed by atoms with Crippen LogP contribution in [0.1, 0.15) is 16.7 Å². The van der Waals surface area contributed by atoms with Gasteiger partial charge in [0.15, 0.2) is 0 Å². The molecule has 0 aromatic heterocycles. The van der Waals surface area contributed by atoms with Crippen LogP contribution in [0.2, 0.25) is 0 Å². The van der Waals surface area contributed by atoms with Gasteiger partial charge in [0, 0.05) is 12.6 Å². The number of carbonyl (C=O) groups excluding carboxylic acids is 1. The normalized spacial score (nSPS) is 12.1. The fourth-order valence-corrected chi connectivity index (χ4v) is 2.09. The maximum absolute atomic E-state index is 11.8. The molecule has 2 N–H and O–H groups in total. The van der Waals surface area contributed by atoms with Crippen LogP contribution in [0.4, 0.5) is 0 Å². The summed E-state index contributed by atoms with van der Waals surface area (Å²) in [5.74, 6) is 0.493. The molecule has 0 aliphatic carbocycles. The highest BCUT2D eigenvalue weighted by molar-refractivity contribution is 5.91. The summed E-state index contributed by atoms with van der Waals surface area (Å²) in [6, 6.07) is 15.5. The predicted molar refractivity (Wildman–Crippen MR) is 95.9 cm³/mol. The molecule has 0 aliphatic heterocycles. The van der Waals surface area contributed by atoms with E-state index in [1.807, 2.05) is 62.4 Å². The van der Waals surface area contributed by atoms with E-state index in [9.17, 15) is 9.90 Å². The maximum Gasteiger partial charge on any atom is 0.244 e. The van der Waals surface area contributed by atoms with Crippen molar-refractivity contribution in [3.63, 3.8) is 0 Å². The molecule has 0 bridgehead atoms. The lowest BCUT2D eigenvalue weighted by Gasteiger charge is -2.14. The molecule has 0 aliphatic rings. The number of hydrogen-bond acceptors (Lipinski definition) is 3. The molecule has 2 rings (SSSR count). The van der Waals surface area contributed by atoms with Gasteiger partial charge in [-0.15, -0.1) is 0 Å². The Labute approximate surface area is 142 Å². The van der Waals surface area contributed by atoms with Gasteiger partial charge in [-0.2, -0.15) is 0 Å². The van der Waals surface area contributed by atoms with Crippen LogP contribution in [0.15, 0.2) is 54.6 Å². The molecular weight excluding hydrogens is 302 g/mol. The van der Waals surface area contributed by atoms with Gasteiger partial charge in [0.05, 0.1) is 0 Å². The number of aliphatic hydroxyl groups is 1. The van der Waals surface area contributed by atoms with Crippen molar-refractivity contribution in [3.8, 4) is 5.75 Å². The van der Waals surface area contributed by atoms with Gasteiger partial charge in [0.25, 0.3) is 0 Å². The Hall–Kier alpha value is -2.59. The third-order valence-corrected chi connectivity index (χ3v) is 3.54. The van der Waals surface area contributed by atoms with Gasteiger partial charge < -0.3 is 15.2 Å². The zero-order valence-electron chi connectivity index (χ0n) is 14.0. The topological polar surface area (TPSA) is 58.6 Å². The summed E-state index contributed by atoms with van der Waals surface area (Å²) in [6.07, 6.45) is 2.44. The lowest BCUT2D eigenvalue weighted by atomic mass is 10.1. The number of amides is 1. The zero-order valence-corrected chi connectivity index (χ0v) is 14.0. The Morgan fingerprint density at radius 2 is 1.88 bits per heavy atom. The summed E-state index contributed by atoms with van der Waals surface area (Å²) in [5.41, 5.74) is 3.14. The largest absolute Gasteiger partial charge is 0.491 e. The van der Waals surface area contributed by atoms with E-state index >= 15 is 0 Å². The van der Waals surface area contributed by atoms with Crippen LogP contribution in [-0.4, -0.2) is 30.3 Å². The van der Waals surface area contributed by atoms with Gasteiger partial charge in [0.1, 0.15) is 18.5 Å². The van der Waals surface area contributed by atoms with E-state index in [1.165, 1.54) is 11.6 Å². The van der Waals surface area contributed by atoms with Crippen molar-refractivity contribution in [2.75, 3.05) is 13.2 Å². The molecule has 24 heavy (non-hydrogen) atoms. The second-order valence-corrected chi connectivity index (χ2v) is 5.72. The van der Waals surface area contributed by atoms with Crippen molar-refractivity contribution < 1.29 is 14.6 Å². The number of ether oxygens (including phenoxy) is 1. The molecule has 0 saturated carbocycles. The minimum atomic E-state index is -0.763. The molecule has 0 heterocycles. The smallest absolute Gasteiger partial charge is 0.244 e. The average molecular weight is 325 g/mol. The molecule has 126 valence electrons. The van der Waals surface area contributed by atoms with Crippen LogP contribution in [0.5, 0.6) is 5.75 Å². The van der Waals surface area contributed by atoms with Crippen LogP contribution >= 0.6 is 0 Å². The van der Waals surface area contributed by atoms with Crippen molar-refractivity contribution in [1.29, 1.82) is 0 Å². The Bertz CT molecular complexity index is 692. The van der Waals surface area contributed by atoms with E-state index < -0.39 is 6.10 Å². The van der Waals surface area contributed by atoms with Crippen LogP contribution < -0.4 is 10.1 Å². The average Bonchev–Trinajstić information content (AvgIpc) is 2.58. The number of carbonyl (C=O) groups is 1. The monoisotopic (exact) mass is 325 g/mol. The molecule has 4 nitrogen and oxygen atoms in total. The first-order valence-corrected chi connectivity index (χ1v) is 7.93. The lowest BCUT2D eigenvalue weighted by molar-refractivity contribution is -0.117. The standard InChI is InChI=1S/C20H23NO3/c1-15-7-9-17(10-8-15)11-12-20(23)21-13-18(22)14-24-19-6-4-3-5-16(19)2/h3-12,18,22H,13-14H2,1-2H3,(H,21,23)/b12-11+. The van der Waals surface area contributed by atoms with Gasteiger partial charge >= 0.3 is 0 Å². The number of hydrogen-bond donors (Lipinski definition) is 2. The number of aliphatic hydroxyl groups excluding tert-OH is 1. The second-order valence-electron chi connectivity index (χ2n) is 5.72. The van der Waals surface area contributed by atoms with Crippen molar-refractivity contribution in [1.82, 2.24) is 5.32 Å². The molecule has 0 spiro atoms. The lowest BCUT2D eigenvalue weighted by Crippen LogP contribution is -2.34. The molecule has 2 aromatic carbocycles. The van der Waals surface area contributed by atoms with Crippen molar-refractivity contribution in [2.45, 2.75) is 20.0 Å². The Morgan fingerprint density at radius 3 is 2.58 bits per heavy atom. The first-order valence-electron chi connectivity index (χ1n) is 7.93. The van der Waals surface area contributed by atoms with Crippen LogP contribution in [-0.2, 0) is 4.79 Å². The molecule has 1 atom stereocenters. The van der Waals surface area contributed by atoms with E-state index in [1.54, 1.807) is 6.08 Å².